The largest absolute Gasteiger partial charge is 0.490 e. The Bertz CT molecular complexity index is 832. The fourth-order valence-corrected chi connectivity index (χ4v) is 2.75. The van der Waals surface area contributed by atoms with Crippen LogP contribution < -0.4 is 14.8 Å². The summed E-state index contributed by atoms with van der Waals surface area (Å²) in [6.45, 7) is 4.49. The number of hydrogen-bond acceptors (Lipinski definition) is 4. The van der Waals surface area contributed by atoms with E-state index in [9.17, 15) is 9.59 Å². The number of ether oxygens (including phenoxy) is 2. The molecular formula is C21H22N2O4. The van der Waals surface area contributed by atoms with Crippen molar-refractivity contribution in [2.24, 2.45) is 0 Å². The number of para-hydroxylation sites is 2. The molecule has 3 rings (SSSR count). The summed E-state index contributed by atoms with van der Waals surface area (Å²) >= 11 is 0. The molecule has 0 saturated carbocycles. The zero-order valence-corrected chi connectivity index (χ0v) is 15.2. The highest BCUT2D eigenvalue weighted by Gasteiger charge is 2.30. The van der Waals surface area contributed by atoms with Gasteiger partial charge in [-0.2, -0.15) is 0 Å². The van der Waals surface area contributed by atoms with Crippen LogP contribution in [-0.2, 0) is 16.1 Å². The number of carbonyl (C=O) groups excluding carboxylic acids is 2. The fraction of sp³-hybridized carbons (Fsp3) is 0.238. The van der Waals surface area contributed by atoms with Crippen LogP contribution in [-0.4, -0.2) is 36.5 Å². The van der Waals surface area contributed by atoms with Gasteiger partial charge in [0.15, 0.2) is 6.10 Å². The Morgan fingerprint density at radius 1 is 1.26 bits per heavy atom. The lowest BCUT2D eigenvalue weighted by molar-refractivity contribution is -0.136. The zero-order valence-electron chi connectivity index (χ0n) is 15.2. The van der Waals surface area contributed by atoms with Gasteiger partial charge in [0, 0.05) is 13.6 Å². The summed E-state index contributed by atoms with van der Waals surface area (Å²) in [6.07, 6.45) is 0.837. The molecule has 0 unspecified atom stereocenters. The first kappa shape index (κ1) is 18.5. The van der Waals surface area contributed by atoms with Gasteiger partial charge in [-0.1, -0.05) is 36.9 Å². The molecule has 1 heterocycles. The van der Waals surface area contributed by atoms with Crippen LogP contribution in [0.3, 0.4) is 0 Å². The molecular weight excluding hydrogens is 344 g/mol. The van der Waals surface area contributed by atoms with Crippen LogP contribution in [0, 0.1) is 0 Å². The van der Waals surface area contributed by atoms with E-state index in [-0.39, 0.29) is 18.2 Å². The molecule has 1 aliphatic rings. The van der Waals surface area contributed by atoms with Crippen molar-refractivity contribution in [2.75, 3.05) is 19.0 Å². The van der Waals surface area contributed by atoms with E-state index in [1.807, 2.05) is 36.4 Å². The molecule has 6 heteroatoms. The van der Waals surface area contributed by atoms with Gasteiger partial charge in [0.2, 0.25) is 5.91 Å². The van der Waals surface area contributed by atoms with Crippen molar-refractivity contribution in [2.45, 2.75) is 19.1 Å². The standard InChI is InChI=1S/C21H22N2O4/c1-3-12-26-16-10-8-15(9-11-16)14-23(2)20(24)13-19-21(25)22-17-6-4-5-7-18(17)27-19/h3-11,19H,1,12-14H2,2H3,(H,22,25)/t19-/m1/s1. The first-order valence-electron chi connectivity index (χ1n) is 8.70. The Morgan fingerprint density at radius 2 is 2.00 bits per heavy atom. The minimum atomic E-state index is -0.829. The van der Waals surface area contributed by atoms with E-state index >= 15 is 0 Å². The SMILES string of the molecule is C=CCOc1ccc(CN(C)C(=O)C[C@H]2Oc3ccccc3NC2=O)cc1. The number of rotatable bonds is 7. The normalized spacial score (nSPS) is 15.1. The number of carbonyl (C=O) groups is 2. The monoisotopic (exact) mass is 366 g/mol. The van der Waals surface area contributed by atoms with E-state index in [4.69, 9.17) is 9.47 Å². The van der Waals surface area contributed by atoms with Crippen molar-refractivity contribution in [3.05, 3.63) is 66.7 Å². The molecule has 1 aliphatic heterocycles. The van der Waals surface area contributed by atoms with Crippen molar-refractivity contribution in [1.82, 2.24) is 4.90 Å². The maximum atomic E-state index is 12.5. The van der Waals surface area contributed by atoms with Crippen molar-refractivity contribution in [1.29, 1.82) is 0 Å². The maximum Gasteiger partial charge on any atom is 0.266 e. The van der Waals surface area contributed by atoms with Crippen molar-refractivity contribution < 1.29 is 19.1 Å². The van der Waals surface area contributed by atoms with Gasteiger partial charge < -0.3 is 19.7 Å². The molecule has 2 aromatic carbocycles. The van der Waals surface area contributed by atoms with Gasteiger partial charge >= 0.3 is 0 Å². The molecule has 0 bridgehead atoms. The highest BCUT2D eigenvalue weighted by Crippen LogP contribution is 2.29. The van der Waals surface area contributed by atoms with Crippen LogP contribution in [0.15, 0.2) is 61.2 Å². The Labute approximate surface area is 158 Å². The average Bonchev–Trinajstić information content (AvgIpc) is 2.68. The lowest BCUT2D eigenvalue weighted by Gasteiger charge is -2.27. The highest BCUT2D eigenvalue weighted by molar-refractivity contribution is 5.99. The van der Waals surface area contributed by atoms with E-state index in [0.717, 1.165) is 11.3 Å². The Balaban J connectivity index is 1.56. The Morgan fingerprint density at radius 3 is 2.74 bits per heavy atom. The third-order valence-electron chi connectivity index (χ3n) is 4.20. The van der Waals surface area contributed by atoms with E-state index in [0.29, 0.717) is 24.6 Å². The van der Waals surface area contributed by atoms with E-state index in [1.54, 1.807) is 30.2 Å². The van der Waals surface area contributed by atoms with E-state index in [1.165, 1.54) is 0 Å². The van der Waals surface area contributed by atoms with Crippen LogP contribution in [0.1, 0.15) is 12.0 Å². The van der Waals surface area contributed by atoms with Crippen LogP contribution in [0.25, 0.3) is 0 Å². The number of benzene rings is 2. The molecule has 0 fully saturated rings. The highest BCUT2D eigenvalue weighted by atomic mass is 16.5. The fourth-order valence-electron chi connectivity index (χ4n) is 2.75. The number of fused-ring (bicyclic) bond motifs is 1. The summed E-state index contributed by atoms with van der Waals surface area (Å²) in [7, 11) is 1.71. The summed E-state index contributed by atoms with van der Waals surface area (Å²) in [4.78, 5) is 26.3. The van der Waals surface area contributed by atoms with Gasteiger partial charge in [-0.3, -0.25) is 9.59 Å². The second kappa shape index (κ2) is 8.40. The summed E-state index contributed by atoms with van der Waals surface area (Å²) in [5.74, 6) is 0.854. The molecule has 6 nitrogen and oxygen atoms in total. The first-order chi connectivity index (χ1) is 13.1. The number of nitrogens with one attached hydrogen (secondary N) is 1. The van der Waals surface area contributed by atoms with Crippen molar-refractivity contribution in [3.8, 4) is 11.5 Å². The predicted octanol–water partition coefficient (Wildman–Crippen LogP) is 3.00. The smallest absolute Gasteiger partial charge is 0.266 e. The lowest BCUT2D eigenvalue weighted by Crippen LogP contribution is -2.41. The molecule has 0 saturated heterocycles. The molecule has 1 atom stereocenters. The minimum Gasteiger partial charge on any atom is -0.490 e. The van der Waals surface area contributed by atoms with Gasteiger partial charge in [0.1, 0.15) is 18.1 Å². The van der Waals surface area contributed by atoms with E-state index < -0.39 is 6.10 Å². The van der Waals surface area contributed by atoms with Gasteiger partial charge in [0.25, 0.3) is 5.91 Å². The van der Waals surface area contributed by atoms with Crippen LogP contribution >= 0.6 is 0 Å². The summed E-state index contributed by atoms with van der Waals surface area (Å²) < 4.78 is 11.1. The van der Waals surface area contributed by atoms with Gasteiger partial charge in [-0.15, -0.1) is 0 Å². The summed E-state index contributed by atoms with van der Waals surface area (Å²) in [5, 5.41) is 2.77. The topological polar surface area (TPSA) is 67.9 Å². The first-order valence-corrected chi connectivity index (χ1v) is 8.70. The third-order valence-corrected chi connectivity index (χ3v) is 4.20. The molecule has 1 N–H and O–H groups in total. The maximum absolute atomic E-state index is 12.5. The molecule has 2 aromatic rings. The second-order valence-corrected chi connectivity index (χ2v) is 6.29. The van der Waals surface area contributed by atoms with E-state index in [2.05, 4.69) is 11.9 Å². The number of amides is 2. The Kier molecular flexibility index (Phi) is 5.76. The summed E-state index contributed by atoms with van der Waals surface area (Å²) in [5.41, 5.74) is 1.59. The van der Waals surface area contributed by atoms with Gasteiger partial charge in [-0.05, 0) is 29.8 Å². The molecule has 140 valence electrons. The van der Waals surface area contributed by atoms with Crippen molar-refractivity contribution >= 4 is 17.5 Å². The molecule has 0 aromatic heterocycles. The van der Waals surface area contributed by atoms with Crippen molar-refractivity contribution in [3.63, 3.8) is 0 Å². The van der Waals surface area contributed by atoms with Gasteiger partial charge in [-0.25, -0.2) is 0 Å². The number of hydrogen-bond donors (Lipinski definition) is 1. The second-order valence-electron chi connectivity index (χ2n) is 6.29. The minimum absolute atomic E-state index is 0.0167. The number of anilines is 1. The van der Waals surface area contributed by atoms with Gasteiger partial charge in [0.05, 0.1) is 12.1 Å². The Hall–Kier alpha value is -3.28. The lowest BCUT2D eigenvalue weighted by atomic mass is 10.1. The average molecular weight is 366 g/mol. The van der Waals surface area contributed by atoms with Crippen LogP contribution in [0.5, 0.6) is 11.5 Å². The zero-order chi connectivity index (χ0) is 19.2. The molecule has 2 amide bonds. The molecule has 0 aliphatic carbocycles. The third kappa shape index (κ3) is 4.67. The van der Waals surface area contributed by atoms with Crippen LogP contribution in [0.4, 0.5) is 5.69 Å². The number of nitrogens with zero attached hydrogens (tertiary/aromatic N) is 1. The molecule has 27 heavy (non-hydrogen) atoms. The summed E-state index contributed by atoms with van der Waals surface area (Å²) in [6, 6.07) is 14.7. The predicted molar refractivity (Wildman–Crippen MR) is 103 cm³/mol. The van der Waals surface area contributed by atoms with Crippen LogP contribution in [0.2, 0.25) is 0 Å². The molecule has 0 radical (unpaired) electrons. The molecule has 0 spiro atoms. The quantitative estimate of drug-likeness (QED) is 0.765.